The van der Waals surface area contributed by atoms with Crippen molar-refractivity contribution in [1.29, 1.82) is 0 Å². The summed E-state index contributed by atoms with van der Waals surface area (Å²) in [7, 11) is -3.89. The smallest absolute Gasteiger partial charge is 0.335 e. The van der Waals surface area contributed by atoms with Crippen molar-refractivity contribution in [2.45, 2.75) is 11.8 Å². The largest absolute Gasteiger partial charge is 0.478 e. The Kier molecular flexibility index (Phi) is 4.15. The molecule has 0 atom stereocenters. The molecule has 0 unspecified atom stereocenters. The Balaban J connectivity index is 2.38. The molecule has 1 aromatic heterocycles. The van der Waals surface area contributed by atoms with E-state index in [-0.39, 0.29) is 21.2 Å². The number of nitrogens with zero attached hydrogens (tertiary/aromatic N) is 1. The van der Waals surface area contributed by atoms with Gasteiger partial charge in [-0.05, 0) is 36.8 Å². The van der Waals surface area contributed by atoms with Crippen LogP contribution in [0.25, 0.3) is 0 Å². The number of aryl methyl sites for hydroxylation is 1. The number of aromatic carboxylic acids is 1. The van der Waals surface area contributed by atoms with Crippen molar-refractivity contribution in [1.82, 2.24) is 4.98 Å². The molecule has 0 spiro atoms. The Labute approximate surface area is 126 Å². The first-order chi connectivity index (χ1) is 9.81. The van der Waals surface area contributed by atoms with E-state index in [0.29, 0.717) is 5.56 Å². The molecule has 1 heterocycles. The first kappa shape index (κ1) is 15.3. The van der Waals surface area contributed by atoms with E-state index in [9.17, 15) is 13.2 Å². The molecule has 0 saturated heterocycles. The third-order valence-corrected chi connectivity index (χ3v) is 4.58. The molecule has 2 rings (SSSR count). The van der Waals surface area contributed by atoms with Crippen LogP contribution in [-0.4, -0.2) is 24.5 Å². The van der Waals surface area contributed by atoms with Gasteiger partial charge in [-0.1, -0.05) is 11.6 Å². The molecule has 21 heavy (non-hydrogen) atoms. The number of sulfonamides is 1. The highest BCUT2D eigenvalue weighted by atomic mass is 35.5. The number of nitrogens with one attached hydrogen (secondary N) is 1. The molecule has 0 aliphatic heterocycles. The first-order valence-corrected chi connectivity index (χ1v) is 7.63. The van der Waals surface area contributed by atoms with Crippen molar-refractivity contribution in [3.8, 4) is 0 Å². The maximum atomic E-state index is 12.2. The summed E-state index contributed by atoms with van der Waals surface area (Å²) in [6.07, 6.45) is 2.53. The van der Waals surface area contributed by atoms with Gasteiger partial charge >= 0.3 is 5.97 Å². The number of hydrogen-bond donors (Lipinski definition) is 2. The summed E-state index contributed by atoms with van der Waals surface area (Å²) >= 11 is 5.84. The van der Waals surface area contributed by atoms with Crippen LogP contribution in [0, 0.1) is 6.92 Å². The average molecular weight is 327 g/mol. The lowest BCUT2D eigenvalue weighted by Gasteiger charge is -2.11. The van der Waals surface area contributed by atoms with E-state index in [1.165, 1.54) is 30.5 Å². The van der Waals surface area contributed by atoms with Crippen LogP contribution in [-0.2, 0) is 10.0 Å². The van der Waals surface area contributed by atoms with Crippen LogP contribution in [0.1, 0.15) is 15.9 Å². The van der Waals surface area contributed by atoms with Gasteiger partial charge in [-0.3, -0.25) is 9.71 Å². The predicted molar refractivity (Wildman–Crippen MR) is 78.2 cm³/mol. The molecule has 8 heteroatoms. The molecule has 2 aromatic rings. The average Bonchev–Trinajstić information content (AvgIpc) is 2.41. The molecule has 6 nitrogen and oxygen atoms in total. The van der Waals surface area contributed by atoms with Crippen molar-refractivity contribution in [2.24, 2.45) is 0 Å². The van der Waals surface area contributed by atoms with Gasteiger partial charge < -0.3 is 5.11 Å². The molecule has 2 N–H and O–H groups in total. The highest BCUT2D eigenvalue weighted by Gasteiger charge is 2.19. The zero-order chi connectivity index (χ0) is 15.6. The molecule has 1 aromatic carbocycles. The van der Waals surface area contributed by atoms with Crippen molar-refractivity contribution in [3.05, 3.63) is 52.8 Å². The summed E-state index contributed by atoms with van der Waals surface area (Å²) in [5.74, 6) is -1.08. The zero-order valence-corrected chi connectivity index (χ0v) is 12.4. The number of pyridine rings is 1. The van der Waals surface area contributed by atoms with E-state index in [2.05, 4.69) is 9.71 Å². The van der Waals surface area contributed by atoms with E-state index in [0.717, 1.165) is 6.20 Å². The van der Waals surface area contributed by atoms with Crippen molar-refractivity contribution < 1.29 is 18.3 Å². The molecule has 0 aliphatic rings. The quantitative estimate of drug-likeness (QED) is 0.900. The molecule has 110 valence electrons. The Bertz CT molecular complexity index is 806. The maximum Gasteiger partial charge on any atom is 0.335 e. The normalized spacial score (nSPS) is 11.1. The van der Waals surface area contributed by atoms with E-state index < -0.39 is 16.0 Å². The molecule has 0 bridgehead atoms. The minimum absolute atomic E-state index is 0.0531. The van der Waals surface area contributed by atoms with Crippen LogP contribution in [0.3, 0.4) is 0 Å². The molecule has 0 radical (unpaired) electrons. The third kappa shape index (κ3) is 3.32. The number of anilines is 1. The Hall–Kier alpha value is -2.12. The van der Waals surface area contributed by atoms with Gasteiger partial charge in [0.25, 0.3) is 10.0 Å². The molecule has 0 amide bonds. The Morgan fingerprint density at radius 2 is 2.05 bits per heavy atom. The number of hydrogen-bond acceptors (Lipinski definition) is 4. The van der Waals surface area contributed by atoms with Gasteiger partial charge in [0, 0.05) is 12.4 Å². The van der Waals surface area contributed by atoms with Gasteiger partial charge in [0.1, 0.15) is 4.90 Å². The lowest BCUT2D eigenvalue weighted by Crippen LogP contribution is -2.14. The van der Waals surface area contributed by atoms with E-state index in [1.807, 2.05) is 0 Å². The molecular formula is C13H11ClN2O4S. The number of rotatable bonds is 4. The number of halogens is 1. The lowest BCUT2D eigenvalue weighted by molar-refractivity contribution is 0.0697. The fourth-order valence-corrected chi connectivity index (χ4v) is 3.23. The minimum Gasteiger partial charge on any atom is -0.478 e. The van der Waals surface area contributed by atoms with Gasteiger partial charge in [-0.15, -0.1) is 0 Å². The summed E-state index contributed by atoms with van der Waals surface area (Å²) in [4.78, 5) is 14.4. The summed E-state index contributed by atoms with van der Waals surface area (Å²) in [6, 6.07) is 5.46. The second-order valence-electron chi connectivity index (χ2n) is 4.25. The van der Waals surface area contributed by atoms with E-state index >= 15 is 0 Å². The fraction of sp³-hybridized carbons (Fsp3) is 0.0769. The van der Waals surface area contributed by atoms with E-state index in [4.69, 9.17) is 16.7 Å². The van der Waals surface area contributed by atoms with Crippen molar-refractivity contribution >= 4 is 33.3 Å². The van der Waals surface area contributed by atoms with Crippen LogP contribution in [0.5, 0.6) is 0 Å². The van der Waals surface area contributed by atoms with Crippen molar-refractivity contribution in [3.63, 3.8) is 0 Å². The Morgan fingerprint density at radius 3 is 2.62 bits per heavy atom. The van der Waals surface area contributed by atoms with Gasteiger partial charge in [-0.25, -0.2) is 13.2 Å². The van der Waals surface area contributed by atoms with Gasteiger partial charge in [-0.2, -0.15) is 0 Å². The standard InChI is InChI=1S/C13H11ClN2O4S/c1-8-6-9(13(17)18)2-3-11(8)16-21(19,20)12-7-15-5-4-10(12)14/h2-7,16H,1H3,(H,17,18). The third-order valence-electron chi connectivity index (χ3n) is 2.74. The zero-order valence-electron chi connectivity index (χ0n) is 10.9. The summed E-state index contributed by atoms with van der Waals surface area (Å²) in [5.41, 5.74) is 0.841. The van der Waals surface area contributed by atoms with Crippen LogP contribution in [0.15, 0.2) is 41.6 Å². The molecular weight excluding hydrogens is 316 g/mol. The van der Waals surface area contributed by atoms with Gasteiger partial charge in [0.05, 0.1) is 16.3 Å². The second kappa shape index (κ2) is 5.71. The SMILES string of the molecule is Cc1cc(C(=O)O)ccc1NS(=O)(=O)c1cnccc1Cl. The summed E-state index contributed by atoms with van der Waals surface area (Å²) in [5, 5.41) is 8.94. The van der Waals surface area contributed by atoms with Crippen LogP contribution < -0.4 is 4.72 Å². The fourth-order valence-electron chi connectivity index (χ4n) is 1.67. The van der Waals surface area contributed by atoms with Crippen LogP contribution in [0.4, 0.5) is 5.69 Å². The van der Waals surface area contributed by atoms with Crippen molar-refractivity contribution in [2.75, 3.05) is 4.72 Å². The first-order valence-electron chi connectivity index (χ1n) is 5.77. The predicted octanol–water partition coefficient (Wildman–Crippen LogP) is 2.54. The summed E-state index contributed by atoms with van der Waals surface area (Å²) < 4.78 is 26.8. The molecule has 0 aliphatic carbocycles. The topological polar surface area (TPSA) is 96.4 Å². The maximum absolute atomic E-state index is 12.2. The van der Waals surface area contributed by atoms with Crippen LogP contribution in [0.2, 0.25) is 5.02 Å². The summed E-state index contributed by atoms with van der Waals surface area (Å²) in [6.45, 7) is 1.61. The second-order valence-corrected chi connectivity index (χ2v) is 6.30. The Morgan fingerprint density at radius 1 is 1.33 bits per heavy atom. The molecule has 0 fully saturated rings. The van der Waals surface area contributed by atoms with Crippen LogP contribution >= 0.6 is 11.6 Å². The number of aromatic nitrogens is 1. The number of carboxylic acid groups (broad SMARTS) is 1. The monoisotopic (exact) mass is 326 g/mol. The van der Waals surface area contributed by atoms with Gasteiger partial charge in [0.2, 0.25) is 0 Å². The highest BCUT2D eigenvalue weighted by molar-refractivity contribution is 7.92. The molecule has 0 saturated carbocycles. The minimum atomic E-state index is -3.89. The number of benzene rings is 1. The van der Waals surface area contributed by atoms with Gasteiger partial charge in [0.15, 0.2) is 0 Å². The lowest BCUT2D eigenvalue weighted by atomic mass is 10.1. The highest BCUT2D eigenvalue weighted by Crippen LogP contribution is 2.24. The number of carbonyl (C=O) groups is 1. The van der Waals surface area contributed by atoms with E-state index in [1.54, 1.807) is 6.92 Å². The number of carboxylic acids is 1.